The zero-order valence-electron chi connectivity index (χ0n) is 20.5. The molecule has 8 atom stereocenters. The number of allylic oxidation sites excluding steroid dienone is 1. The minimum Gasteiger partial charge on any atom is -0.512 e. The Morgan fingerprint density at radius 1 is 1.13 bits per heavy atom. The van der Waals surface area contributed by atoms with Gasteiger partial charge in [-0.15, -0.1) is 5.41 Å². The summed E-state index contributed by atoms with van der Waals surface area (Å²) in [5, 5.41) is 16.4. The van der Waals surface area contributed by atoms with E-state index in [2.05, 4.69) is 47.1 Å². The fourth-order valence-electron chi connectivity index (χ4n) is 8.43. The van der Waals surface area contributed by atoms with Crippen molar-refractivity contribution in [3.8, 4) is 0 Å². The summed E-state index contributed by atoms with van der Waals surface area (Å²) in [6, 6.07) is 0. The quantitative estimate of drug-likeness (QED) is 0.262. The van der Waals surface area contributed by atoms with Crippen LogP contribution in [0.5, 0.6) is 0 Å². The first kappa shape index (κ1) is 27.0. The van der Waals surface area contributed by atoms with Crippen molar-refractivity contribution in [2.45, 2.75) is 105 Å². The summed E-state index contributed by atoms with van der Waals surface area (Å²) in [6.07, 6.45) is 18.1. The molecule has 4 aliphatic carbocycles. The van der Waals surface area contributed by atoms with Gasteiger partial charge in [-0.3, -0.25) is 0 Å². The zero-order valence-corrected chi connectivity index (χ0v) is 21.6. The fourth-order valence-corrected chi connectivity index (χ4v) is 8.43. The van der Waals surface area contributed by atoms with E-state index in [9.17, 15) is 5.11 Å². The molecule has 0 amide bonds. The molecule has 0 saturated heterocycles. The van der Waals surface area contributed by atoms with Crippen LogP contribution in [0.4, 0.5) is 0 Å². The summed E-state index contributed by atoms with van der Waals surface area (Å²) in [4.78, 5) is 0. The van der Waals surface area contributed by atoms with Gasteiger partial charge in [0.15, 0.2) is 0 Å². The summed E-state index contributed by atoms with van der Waals surface area (Å²) < 4.78 is 0. The van der Waals surface area contributed by atoms with Crippen LogP contribution in [0.2, 0.25) is 0 Å². The van der Waals surface area contributed by atoms with Crippen LogP contribution in [0.15, 0.2) is 11.6 Å². The molecule has 0 aromatic carbocycles. The number of aliphatic hydroxyl groups excluding tert-OH is 1. The molecule has 0 heterocycles. The molecule has 0 aliphatic heterocycles. The molecule has 0 radical (unpaired) electrons. The molecular weight excluding hydrogens is 422 g/mol. The predicted molar refractivity (Wildman–Crippen MR) is 124 cm³/mol. The van der Waals surface area contributed by atoms with Crippen LogP contribution in [0.1, 0.15) is 98.8 Å². The normalized spacial score (nSPS) is 42.1. The van der Waals surface area contributed by atoms with Gasteiger partial charge in [-0.2, -0.15) is 6.42 Å². The molecule has 0 bridgehead atoms. The summed E-state index contributed by atoms with van der Waals surface area (Å²) in [7, 11) is 0. The first-order valence-corrected chi connectivity index (χ1v) is 12.7. The summed E-state index contributed by atoms with van der Waals surface area (Å²) in [5.74, 6) is 5.33. The topological polar surface area (TPSA) is 44.0 Å². The van der Waals surface area contributed by atoms with E-state index >= 15 is 0 Å². The Labute approximate surface area is 203 Å². The molecule has 0 unspecified atom stereocenters. The second kappa shape index (κ2) is 10.8. The number of aliphatic hydroxyl groups is 1. The first-order chi connectivity index (χ1) is 14.3. The Kier molecular flexibility index (Phi) is 9.36. The largest absolute Gasteiger partial charge is 2.00 e. The van der Waals surface area contributed by atoms with Crippen LogP contribution >= 0.6 is 0 Å². The third-order valence-corrected chi connectivity index (χ3v) is 10.0. The van der Waals surface area contributed by atoms with Crippen molar-refractivity contribution in [2.75, 3.05) is 0 Å². The van der Waals surface area contributed by atoms with Gasteiger partial charge in [0, 0.05) is 6.10 Å². The second-order valence-electron chi connectivity index (χ2n) is 12.0. The van der Waals surface area contributed by atoms with E-state index in [-0.39, 0.29) is 28.6 Å². The van der Waals surface area contributed by atoms with Gasteiger partial charge in [-0.1, -0.05) is 77.9 Å². The maximum absolute atomic E-state index is 10.2. The number of hydrogen-bond acceptors (Lipinski definition) is 2. The van der Waals surface area contributed by atoms with E-state index in [1.807, 2.05) is 0 Å². The van der Waals surface area contributed by atoms with Crippen LogP contribution < -0.4 is 0 Å². The van der Waals surface area contributed by atoms with E-state index in [4.69, 9.17) is 11.8 Å². The van der Waals surface area contributed by atoms with E-state index in [1.165, 1.54) is 51.4 Å². The standard InChI is InChI=1S/C27H45O.CN.Fe/c1-18(2)7-6-8-19(3)23-11-12-24-22-10-9-20-17-21(28)13-15-26(20,4)25(22)14-16-27(23,24)5;1-2;/h9,15,18-19,21-25,28H,6-8,10-14,16-17H2,1-5H3;;/q2*-1;+2/t19-,21+,22+,23-,24+,25+,26+,27-;;/m1../s1. The van der Waals surface area contributed by atoms with Gasteiger partial charge >= 0.3 is 17.1 Å². The second-order valence-corrected chi connectivity index (χ2v) is 12.0. The Morgan fingerprint density at radius 2 is 1.84 bits per heavy atom. The fraction of sp³-hybridized carbons (Fsp3) is 0.857. The van der Waals surface area contributed by atoms with Crippen LogP contribution in [0.3, 0.4) is 0 Å². The molecule has 4 aliphatic rings. The molecule has 2 nitrogen and oxygen atoms in total. The van der Waals surface area contributed by atoms with Crippen molar-refractivity contribution >= 4 is 0 Å². The van der Waals surface area contributed by atoms with Crippen LogP contribution in [-0.4, -0.2) is 11.2 Å². The van der Waals surface area contributed by atoms with Crippen molar-refractivity contribution in [2.24, 2.45) is 46.3 Å². The smallest absolute Gasteiger partial charge is 0.512 e. The zero-order chi connectivity index (χ0) is 22.1. The Morgan fingerprint density at radius 3 is 2.52 bits per heavy atom. The molecular formula is C28H45FeNO. The van der Waals surface area contributed by atoms with E-state index in [1.54, 1.807) is 5.57 Å². The first-order valence-electron chi connectivity index (χ1n) is 12.7. The van der Waals surface area contributed by atoms with Crippen LogP contribution in [-0.2, 0) is 17.1 Å². The molecule has 3 fully saturated rings. The van der Waals surface area contributed by atoms with E-state index < -0.39 is 0 Å². The maximum atomic E-state index is 10.2. The Bertz CT molecular complexity index is 642. The SMILES string of the molecule is CC(C)CCC[C@@H](C)[C@H]1CC[C@H]2[C@@H]3CC=C4C[C@@H](O)C[CH-][C@]4(C)[C@H]3CC[C@]12C.[C-]#N.[Fe+2]. The van der Waals surface area contributed by atoms with Crippen molar-refractivity contribution in [3.63, 3.8) is 0 Å². The summed E-state index contributed by atoms with van der Waals surface area (Å²) in [5.41, 5.74) is 2.41. The molecule has 31 heavy (non-hydrogen) atoms. The van der Waals surface area contributed by atoms with Gasteiger partial charge in [0.05, 0.1) is 0 Å². The Hall–Kier alpha value is -0.291. The Balaban J connectivity index is 0.00000111. The van der Waals surface area contributed by atoms with Crippen molar-refractivity contribution in [1.82, 2.24) is 0 Å². The molecule has 3 heteroatoms. The summed E-state index contributed by atoms with van der Waals surface area (Å²) in [6.45, 7) is 17.2. The van der Waals surface area contributed by atoms with E-state index in [0.717, 1.165) is 48.3 Å². The van der Waals surface area contributed by atoms with Gasteiger partial charge in [0.2, 0.25) is 0 Å². The molecule has 3 saturated carbocycles. The van der Waals surface area contributed by atoms with Gasteiger partial charge in [-0.05, 0) is 67.1 Å². The minimum atomic E-state index is -0.132. The van der Waals surface area contributed by atoms with Gasteiger partial charge in [0.1, 0.15) is 0 Å². The van der Waals surface area contributed by atoms with Gasteiger partial charge < -0.3 is 23.4 Å². The maximum Gasteiger partial charge on any atom is 2.00 e. The number of nitrogens with zero attached hydrogens (tertiary/aromatic N) is 1. The molecule has 0 spiro atoms. The third kappa shape index (κ3) is 4.98. The third-order valence-electron chi connectivity index (χ3n) is 10.0. The molecule has 4 rings (SSSR count). The average molecular weight is 468 g/mol. The van der Waals surface area contributed by atoms with Crippen LogP contribution in [0, 0.1) is 64.6 Å². The molecule has 0 aromatic heterocycles. The number of fused-ring (bicyclic) bond motifs is 5. The molecule has 1 N–H and O–H groups in total. The minimum absolute atomic E-state index is 0. The number of rotatable bonds is 5. The van der Waals surface area contributed by atoms with Crippen molar-refractivity contribution < 1.29 is 22.2 Å². The molecule has 0 aromatic rings. The number of hydrogen-bond donors (Lipinski definition) is 1. The monoisotopic (exact) mass is 467 g/mol. The van der Waals surface area contributed by atoms with E-state index in [0.29, 0.717) is 5.41 Å². The van der Waals surface area contributed by atoms with Gasteiger partial charge in [0.25, 0.3) is 0 Å². The predicted octanol–water partition coefficient (Wildman–Crippen LogP) is 7.30. The average Bonchev–Trinajstić information content (AvgIpc) is 3.07. The van der Waals surface area contributed by atoms with Crippen molar-refractivity contribution in [3.05, 3.63) is 24.6 Å². The van der Waals surface area contributed by atoms with Gasteiger partial charge in [-0.25, -0.2) is 0 Å². The summed E-state index contributed by atoms with van der Waals surface area (Å²) >= 11 is 0. The van der Waals surface area contributed by atoms with Crippen LogP contribution in [0.25, 0.3) is 0 Å². The van der Waals surface area contributed by atoms with Crippen molar-refractivity contribution in [1.29, 1.82) is 5.26 Å². The molecule has 176 valence electrons.